The van der Waals surface area contributed by atoms with Crippen LogP contribution >= 0.6 is 11.6 Å². The zero-order valence-electron chi connectivity index (χ0n) is 17.6. The van der Waals surface area contributed by atoms with Gasteiger partial charge in [-0.2, -0.15) is 0 Å². The number of benzene rings is 3. The molecule has 0 aliphatic carbocycles. The first kappa shape index (κ1) is 23.0. The van der Waals surface area contributed by atoms with Crippen molar-refractivity contribution in [2.24, 2.45) is 0 Å². The zero-order valence-corrected chi connectivity index (χ0v) is 19.2. The Morgan fingerprint density at radius 2 is 1.45 bits per heavy atom. The quantitative estimate of drug-likeness (QED) is 0.523. The van der Waals surface area contributed by atoms with E-state index in [4.69, 9.17) is 11.6 Å². The SMILES string of the molecule is CC(C)(C)c1ccc(S(=O)(=O)NCc2ccc(C(=O)Nc3ccc(Cl)cc3)cc2)cc1. The standard InChI is InChI=1S/C24H25ClN2O3S/c1-24(2,3)19-8-14-22(15-9-19)31(29,30)26-16-17-4-6-18(7-5-17)23(28)27-21-12-10-20(25)11-13-21/h4-15,26H,16H2,1-3H3,(H,27,28). The highest BCUT2D eigenvalue weighted by Gasteiger charge is 2.17. The van der Waals surface area contributed by atoms with Gasteiger partial charge in [-0.15, -0.1) is 0 Å². The normalized spacial score (nSPS) is 11.9. The predicted octanol–water partition coefficient (Wildman–Crippen LogP) is 5.37. The first-order valence-corrected chi connectivity index (χ1v) is 11.7. The van der Waals surface area contributed by atoms with Gasteiger partial charge in [0, 0.05) is 22.8 Å². The van der Waals surface area contributed by atoms with Crippen molar-refractivity contribution < 1.29 is 13.2 Å². The van der Waals surface area contributed by atoms with Crippen LogP contribution in [0.4, 0.5) is 5.69 Å². The molecule has 2 N–H and O–H groups in total. The first-order valence-electron chi connectivity index (χ1n) is 9.81. The van der Waals surface area contributed by atoms with Crippen LogP contribution in [-0.4, -0.2) is 14.3 Å². The van der Waals surface area contributed by atoms with Gasteiger partial charge in [0.05, 0.1) is 4.90 Å². The number of anilines is 1. The Bertz CT molecular complexity index is 1150. The van der Waals surface area contributed by atoms with Crippen LogP contribution in [0.15, 0.2) is 77.7 Å². The minimum atomic E-state index is -3.63. The van der Waals surface area contributed by atoms with Gasteiger partial charge < -0.3 is 5.32 Å². The van der Waals surface area contributed by atoms with Crippen LogP contribution in [0.5, 0.6) is 0 Å². The number of sulfonamides is 1. The van der Waals surface area contributed by atoms with Gasteiger partial charge in [0.1, 0.15) is 0 Å². The van der Waals surface area contributed by atoms with Crippen molar-refractivity contribution in [3.05, 3.63) is 94.5 Å². The van der Waals surface area contributed by atoms with Crippen molar-refractivity contribution in [3.63, 3.8) is 0 Å². The van der Waals surface area contributed by atoms with Crippen LogP contribution in [0.3, 0.4) is 0 Å². The van der Waals surface area contributed by atoms with Crippen LogP contribution in [0.1, 0.15) is 42.3 Å². The number of halogens is 1. The van der Waals surface area contributed by atoms with E-state index in [1.807, 2.05) is 12.1 Å². The van der Waals surface area contributed by atoms with E-state index in [0.29, 0.717) is 16.3 Å². The molecule has 0 atom stereocenters. The number of nitrogens with one attached hydrogen (secondary N) is 2. The molecular weight excluding hydrogens is 432 g/mol. The minimum Gasteiger partial charge on any atom is -0.322 e. The maximum Gasteiger partial charge on any atom is 0.255 e. The third kappa shape index (κ3) is 6.17. The average molecular weight is 457 g/mol. The van der Waals surface area contributed by atoms with Crippen LogP contribution in [0.2, 0.25) is 5.02 Å². The topological polar surface area (TPSA) is 75.3 Å². The van der Waals surface area contributed by atoms with Gasteiger partial charge in [-0.05, 0) is 65.1 Å². The highest BCUT2D eigenvalue weighted by molar-refractivity contribution is 7.89. The molecule has 0 aliphatic rings. The van der Waals surface area contributed by atoms with E-state index < -0.39 is 10.0 Å². The Morgan fingerprint density at radius 1 is 0.871 bits per heavy atom. The molecule has 162 valence electrons. The monoisotopic (exact) mass is 456 g/mol. The van der Waals surface area contributed by atoms with E-state index >= 15 is 0 Å². The molecule has 0 spiro atoms. The van der Waals surface area contributed by atoms with E-state index in [2.05, 4.69) is 30.8 Å². The van der Waals surface area contributed by atoms with Gasteiger partial charge in [0.2, 0.25) is 10.0 Å². The van der Waals surface area contributed by atoms with Gasteiger partial charge in [-0.3, -0.25) is 4.79 Å². The zero-order chi connectivity index (χ0) is 22.6. The lowest BCUT2D eigenvalue weighted by Gasteiger charge is -2.19. The maximum absolute atomic E-state index is 12.6. The number of hydrogen-bond acceptors (Lipinski definition) is 3. The van der Waals surface area contributed by atoms with Crippen molar-refractivity contribution in [1.82, 2.24) is 4.72 Å². The van der Waals surface area contributed by atoms with E-state index in [1.54, 1.807) is 60.7 Å². The van der Waals surface area contributed by atoms with Crippen LogP contribution in [0.25, 0.3) is 0 Å². The smallest absolute Gasteiger partial charge is 0.255 e. The Kier molecular flexibility index (Phi) is 6.84. The van der Waals surface area contributed by atoms with Crippen LogP contribution < -0.4 is 10.0 Å². The second kappa shape index (κ2) is 9.22. The van der Waals surface area contributed by atoms with Crippen molar-refractivity contribution in [3.8, 4) is 0 Å². The predicted molar refractivity (Wildman–Crippen MR) is 125 cm³/mol. The maximum atomic E-state index is 12.6. The summed E-state index contributed by atoms with van der Waals surface area (Å²) in [5.74, 6) is -0.256. The Morgan fingerprint density at radius 3 is 2.00 bits per heavy atom. The second-order valence-electron chi connectivity index (χ2n) is 8.26. The highest BCUT2D eigenvalue weighted by Crippen LogP contribution is 2.23. The molecule has 0 unspecified atom stereocenters. The van der Waals surface area contributed by atoms with E-state index in [9.17, 15) is 13.2 Å². The lowest BCUT2D eigenvalue weighted by molar-refractivity contribution is 0.102. The lowest BCUT2D eigenvalue weighted by atomic mass is 9.87. The molecule has 31 heavy (non-hydrogen) atoms. The molecule has 1 amide bonds. The fraction of sp³-hybridized carbons (Fsp3) is 0.208. The molecule has 0 saturated heterocycles. The highest BCUT2D eigenvalue weighted by atomic mass is 35.5. The number of carbonyl (C=O) groups excluding carboxylic acids is 1. The molecule has 3 aromatic carbocycles. The molecule has 0 radical (unpaired) electrons. The van der Waals surface area contributed by atoms with E-state index in [0.717, 1.165) is 11.1 Å². The van der Waals surface area contributed by atoms with Gasteiger partial charge in [0.15, 0.2) is 0 Å². The molecule has 0 fully saturated rings. The van der Waals surface area contributed by atoms with Gasteiger partial charge in [-0.25, -0.2) is 13.1 Å². The average Bonchev–Trinajstić information content (AvgIpc) is 2.74. The molecule has 0 saturated carbocycles. The molecule has 3 aromatic rings. The van der Waals surface area contributed by atoms with Crippen LogP contribution in [-0.2, 0) is 22.0 Å². The van der Waals surface area contributed by atoms with Gasteiger partial charge >= 0.3 is 0 Å². The summed E-state index contributed by atoms with van der Waals surface area (Å²) in [6, 6.07) is 20.5. The molecule has 3 rings (SSSR count). The summed E-state index contributed by atoms with van der Waals surface area (Å²) >= 11 is 5.85. The third-order valence-corrected chi connectivity index (χ3v) is 6.48. The van der Waals surface area contributed by atoms with Crippen molar-refractivity contribution >= 4 is 33.2 Å². The van der Waals surface area contributed by atoms with E-state index in [-0.39, 0.29) is 22.8 Å². The van der Waals surface area contributed by atoms with Crippen molar-refractivity contribution in [2.75, 3.05) is 5.32 Å². The summed E-state index contributed by atoms with van der Waals surface area (Å²) < 4.78 is 27.8. The summed E-state index contributed by atoms with van der Waals surface area (Å²) in [6.45, 7) is 6.36. The van der Waals surface area contributed by atoms with Gasteiger partial charge in [0.25, 0.3) is 5.91 Å². The summed E-state index contributed by atoms with van der Waals surface area (Å²) in [5, 5.41) is 3.38. The summed E-state index contributed by atoms with van der Waals surface area (Å²) in [4.78, 5) is 12.6. The van der Waals surface area contributed by atoms with Crippen molar-refractivity contribution in [1.29, 1.82) is 0 Å². The van der Waals surface area contributed by atoms with Gasteiger partial charge in [-0.1, -0.05) is 56.6 Å². The molecular formula is C24H25ClN2O3S. The summed E-state index contributed by atoms with van der Waals surface area (Å²) in [6.07, 6.45) is 0. The molecule has 0 aromatic heterocycles. The minimum absolute atomic E-state index is 0.0443. The third-order valence-electron chi connectivity index (χ3n) is 4.82. The Labute approximate surface area is 188 Å². The summed E-state index contributed by atoms with van der Waals surface area (Å²) in [5.41, 5.74) is 2.89. The molecule has 0 heterocycles. The number of amides is 1. The summed E-state index contributed by atoms with van der Waals surface area (Å²) in [7, 11) is -3.63. The Balaban J connectivity index is 1.61. The number of rotatable bonds is 6. The molecule has 7 heteroatoms. The first-order chi connectivity index (χ1) is 14.5. The molecule has 0 aliphatic heterocycles. The fourth-order valence-electron chi connectivity index (χ4n) is 2.91. The molecule has 0 bridgehead atoms. The number of carbonyl (C=O) groups is 1. The largest absolute Gasteiger partial charge is 0.322 e. The Hall–Kier alpha value is -2.67. The molecule has 5 nitrogen and oxygen atoms in total. The lowest BCUT2D eigenvalue weighted by Crippen LogP contribution is -2.23. The van der Waals surface area contributed by atoms with Crippen LogP contribution in [0, 0.1) is 0 Å². The number of hydrogen-bond donors (Lipinski definition) is 2. The van der Waals surface area contributed by atoms with Crippen molar-refractivity contribution in [2.45, 2.75) is 37.6 Å². The van der Waals surface area contributed by atoms with E-state index in [1.165, 1.54) is 0 Å². The fourth-order valence-corrected chi connectivity index (χ4v) is 4.05. The second-order valence-corrected chi connectivity index (χ2v) is 10.5.